The number of carboxylic acids is 1. The first-order valence-corrected chi connectivity index (χ1v) is 6.81. The molecule has 1 N–H and O–H groups in total. The fraction of sp³-hybridized carbons (Fsp3) is 0.235. The molecule has 0 aliphatic carbocycles. The van der Waals surface area contributed by atoms with Gasteiger partial charge in [-0.3, -0.25) is 0 Å². The monoisotopic (exact) mass is 286 g/mol. The quantitative estimate of drug-likeness (QED) is 0.876. The molecule has 0 saturated carbocycles. The molecule has 0 saturated heterocycles. The third-order valence-corrected chi connectivity index (χ3v) is 3.09. The molecular weight excluding hydrogens is 268 g/mol. The second-order valence-electron chi connectivity index (χ2n) is 4.56. The fourth-order valence-electron chi connectivity index (χ4n) is 2.11. The average Bonchev–Trinajstić information content (AvgIpc) is 2.52. The maximum absolute atomic E-state index is 11.4. The Morgan fingerprint density at radius 2 is 1.86 bits per heavy atom. The maximum Gasteiger partial charge on any atom is 0.336 e. The molecule has 110 valence electrons. The zero-order valence-electron chi connectivity index (χ0n) is 12.1. The Morgan fingerprint density at radius 1 is 1.14 bits per heavy atom. The van der Waals surface area contributed by atoms with Crippen LogP contribution in [0.2, 0.25) is 0 Å². The summed E-state index contributed by atoms with van der Waals surface area (Å²) in [4.78, 5) is 11.4. The van der Waals surface area contributed by atoms with Gasteiger partial charge in [0.25, 0.3) is 0 Å². The lowest BCUT2D eigenvalue weighted by Gasteiger charge is -2.12. The predicted octanol–water partition coefficient (Wildman–Crippen LogP) is 3.85. The molecular formula is C17H18O4. The zero-order valence-corrected chi connectivity index (χ0v) is 12.1. The first kappa shape index (κ1) is 14.9. The maximum atomic E-state index is 11.4. The van der Waals surface area contributed by atoms with Crippen LogP contribution in [0.25, 0.3) is 11.1 Å². The van der Waals surface area contributed by atoms with Crippen LogP contribution in [-0.2, 0) is 0 Å². The summed E-state index contributed by atoms with van der Waals surface area (Å²) < 4.78 is 10.8. The summed E-state index contributed by atoms with van der Waals surface area (Å²) in [6.07, 6.45) is 0.942. The summed E-state index contributed by atoms with van der Waals surface area (Å²) in [5, 5.41) is 9.34. The third-order valence-electron chi connectivity index (χ3n) is 3.09. The summed E-state index contributed by atoms with van der Waals surface area (Å²) >= 11 is 0. The second-order valence-corrected chi connectivity index (χ2v) is 4.56. The smallest absolute Gasteiger partial charge is 0.336 e. The Hall–Kier alpha value is -2.49. The minimum Gasteiger partial charge on any atom is -0.496 e. The first-order chi connectivity index (χ1) is 10.2. The van der Waals surface area contributed by atoms with Crippen LogP contribution in [0.15, 0.2) is 42.5 Å². The Morgan fingerprint density at radius 3 is 2.43 bits per heavy atom. The van der Waals surface area contributed by atoms with Gasteiger partial charge < -0.3 is 14.6 Å². The lowest BCUT2D eigenvalue weighted by molar-refractivity contribution is 0.0697. The number of carboxylic acid groups (broad SMARTS) is 1. The van der Waals surface area contributed by atoms with E-state index in [0.29, 0.717) is 17.9 Å². The highest BCUT2D eigenvalue weighted by molar-refractivity contribution is 5.98. The summed E-state index contributed by atoms with van der Waals surface area (Å²) in [7, 11) is 1.53. The molecule has 0 bridgehead atoms. The van der Waals surface area contributed by atoms with Gasteiger partial charge in [0.1, 0.15) is 11.5 Å². The van der Waals surface area contributed by atoms with E-state index in [1.165, 1.54) is 7.11 Å². The van der Waals surface area contributed by atoms with Gasteiger partial charge in [0, 0.05) is 5.56 Å². The minimum atomic E-state index is -0.977. The molecule has 0 unspecified atom stereocenters. The number of aromatic carboxylic acids is 1. The highest BCUT2D eigenvalue weighted by Gasteiger charge is 2.16. The highest BCUT2D eigenvalue weighted by Crippen LogP contribution is 2.34. The van der Waals surface area contributed by atoms with E-state index < -0.39 is 5.97 Å². The molecule has 0 atom stereocenters. The standard InChI is InChI=1S/C17H18O4/c1-3-11-21-13-9-7-12(8-10-13)16-14(17(18)19)5-4-6-15(16)20-2/h4-10H,3,11H2,1-2H3,(H,18,19). The normalized spacial score (nSPS) is 10.2. The van der Waals surface area contributed by atoms with Crippen LogP contribution in [0.5, 0.6) is 11.5 Å². The van der Waals surface area contributed by atoms with Crippen LogP contribution < -0.4 is 9.47 Å². The second kappa shape index (κ2) is 6.79. The van der Waals surface area contributed by atoms with Crippen LogP contribution in [0.4, 0.5) is 0 Å². The number of hydrogen-bond donors (Lipinski definition) is 1. The Kier molecular flexibility index (Phi) is 4.82. The van der Waals surface area contributed by atoms with Gasteiger partial charge in [0.2, 0.25) is 0 Å². The number of hydrogen-bond acceptors (Lipinski definition) is 3. The number of benzene rings is 2. The van der Waals surface area contributed by atoms with Gasteiger partial charge in [0.05, 0.1) is 19.3 Å². The van der Waals surface area contributed by atoms with E-state index in [9.17, 15) is 9.90 Å². The SMILES string of the molecule is CCCOc1ccc(-c2c(OC)cccc2C(=O)O)cc1. The van der Waals surface area contributed by atoms with Gasteiger partial charge >= 0.3 is 5.97 Å². The van der Waals surface area contributed by atoms with Gasteiger partial charge in [-0.25, -0.2) is 4.79 Å². The number of carbonyl (C=O) groups is 1. The summed E-state index contributed by atoms with van der Waals surface area (Å²) in [6.45, 7) is 2.71. The van der Waals surface area contributed by atoms with Crippen molar-refractivity contribution >= 4 is 5.97 Å². The molecule has 0 amide bonds. The lowest BCUT2D eigenvalue weighted by Crippen LogP contribution is -2.01. The van der Waals surface area contributed by atoms with Crippen molar-refractivity contribution in [3.8, 4) is 22.6 Å². The first-order valence-electron chi connectivity index (χ1n) is 6.81. The van der Waals surface area contributed by atoms with Crippen molar-refractivity contribution in [3.63, 3.8) is 0 Å². The van der Waals surface area contributed by atoms with Crippen LogP contribution in [0.3, 0.4) is 0 Å². The lowest BCUT2D eigenvalue weighted by atomic mass is 9.98. The fourth-order valence-corrected chi connectivity index (χ4v) is 2.11. The van der Waals surface area contributed by atoms with Crippen LogP contribution >= 0.6 is 0 Å². The van der Waals surface area contributed by atoms with E-state index >= 15 is 0 Å². The molecule has 2 rings (SSSR count). The molecule has 0 fully saturated rings. The predicted molar refractivity (Wildman–Crippen MR) is 81.2 cm³/mol. The van der Waals surface area contributed by atoms with Gasteiger partial charge in [-0.05, 0) is 36.2 Å². The Bertz CT molecular complexity index is 617. The van der Waals surface area contributed by atoms with Crippen molar-refractivity contribution < 1.29 is 19.4 Å². The Labute approximate surface area is 123 Å². The topological polar surface area (TPSA) is 55.8 Å². The van der Waals surface area contributed by atoms with E-state index in [1.54, 1.807) is 18.2 Å². The van der Waals surface area contributed by atoms with E-state index in [2.05, 4.69) is 0 Å². The van der Waals surface area contributed by atoms with Gasteiger partial charge in [0.15, 0.2) is 0 Å². The zero-order chi connectivity index (χ0) is 15.2. The van der Waals surface area contributed by atoms with E-state index in [1.807, 2.05) is 31.2 Å². The minimum absolute atomic E-state index is 0.219. The number of rotatable bonds is 6. The molecule has 4 nitrogen and oxygen atoms in total. The van der Waals surface area contributed by atoms with Crippen LogP contribution in [-0.4, -0.2) is 24.8 Å². The van der Waals surface area contributed by atoms with Crippen molar-refractivity contribution in [2.75, 3.05) is 13.7 Å². The van der Waals surface area contributed by atoms with Crippen molar-refractivity contribution in [2.45, 2.75) is 13.3 Å². The van der Waals surface area contributed by atoms with Crippen LogP contribution in [0.1, 0.15) is 23.7 Å². The molecule has 0 aliphatic rings. The summed E-state index contributed by atoms with van der Waals surface area (Å²) in [5.74, 6) is 0.333. The summed E-state index contributed by atoms with van der Waals surface area (Å²) in [5.41, 5.74) is 1.58. The number of ether oxygens (including phenoxy) is 2. The van der Waals surface area contributed by atoms with Crippen molar-refractivity contribution in [2.24, 2.45) is 0 Å². The van der Waals surface area contributed by atoms with E-state index in [0.717, 1.165) is 17.7 Å². The van der Waals surface area contributed by atoms with Crippen molar-refractivity contribution in [1.29, 1.82) is 0 Å². The van der Waals surface area contributed by atoms with E-state index in [-0.39, 0.29) is 5.56 Å². The highest BCUT2D eigenvalue weighted by atomic mass is 16.5. The summed E-state index contributed by atoms with van der Waals surface area (Å²) in [6, 6.07) is 12.4. The average molecular weight is 286 g/mol. The molecule has 2 aromatic rings. The molecule has 0 aliphatic heterocycles. The molecule has 0 heterocycles. The van der Waals surface area contributed by atoms with Gasteiger partial charge in [-0.15, -0.1) is 0 Å². The molecule has 2 aromatic carbocycles. The van der Waals surface area contributed by atoms with E-state index in [4.69, 9.17) is 9.47 Å². The third kappa shape index (κ3) is 3.34. The van der Waals surface area contributed by atoms with Gasteiger partial charge in [-0.1, -0.05) is 25.1 Å². The molecule has 21 heavy (non-hydrogen) atoms. The molecule has 0 spiro atoms. The number of methoxy groups -OCH3 is 1. The van der Waals surface area contributed by atoms with Crippen molar-refractivity contribution in [1.82, 2.24) is 0 Å². The van der Waals surface area contributed by atoms with Crippen LogP contribution in [0, 0.1) is 0 Å². The molecule has 0 aromatic heterocycles. The molecule has 4 heteroatoms. The van der Waals surface area contributed by atoms with Crippen molar-refractivity contribution in [3.05, 3.63) is 48.0 Å². The largest absolute Gasteiger partial charge is 0.496 e. The molecule has 0 radical (unpaired) electrons. The van der Waals surface area contributed by atoms with Gasteiger partial charge in [-0.2, -0.15) is 0 Å². The Balaban J connectivity index is 2.43.